The van der Waals surface area contributed by atoms with Crippen molar-refractivity contribution in [2.75, 3.05) is 12.1 Å². The Labute approximate surface area is 98.9 Å². The standard InChI is InChI=1S/C12H14N2O3/c1-14-10-5-3-2-4-7(10)8-6-9(12(15)16)13-11(8)17-14/h2-5,8-9,11,13H,6H2,1H3,(H,15,16). The Bertz CT molecular complexity index is 463. The van der Waals surface area contributed by atoms with Crippen LogP contribution in [0.4, 0.5) is 5.69 Å². The van der Waals surface area contributed by atoms with Crippen LogP contribution in [-0.2, 0) is 9.63 Å². The number of carboxylic acid groups (broad SMARTS) is 1. The molecule has 17 heavy (non-hydrogen) atoms. The quantitative estimate of drug-likeness (QED) is 0.756. The van der Waals surface area contributed by atoms with Crippen LogP contribution in [0.5, 0.6) is 0 Å². The highest BCUT2D eigenvalue weighted by molar-refractivity contribution is 5.74. The third-order valence-electron chi connectivity index (χ3n) is 3.47. The summed E-state index contributed by atoms with van der Waals surface area (Å²) >= 11 is 0. The molecule has 1 fully saturated rings. The van der Waals surface area contributed by atoms with Crippen molar-refractivity contribution < 1.29 is 14.7 Å². The van der Waals surface area contributed by atoms with Crippen LogP contribution in [0, 0.1) is 0 Å². The SMILES string of the molecule is CN1OC2NC(C(=O)O)CC2c2ccccc21. The first-order valence-corrected chi connectivity index (χ1v) is 5.65. The number of benzene rings is 1. The second-order valence-electron chi connectivity index (χ2n) is 4.48. The number of para-hydroxylation sites is 1. The molecule has 2 aliphatic heterocycles. The van der Waals surface area contributed by atoms with Gasteiger partial charge in [-0.3, -0.25) is 20.0 Å². The molecule has 5 nitrogen and oxygen atoms in total. The highest BCUT2D eigenvalue weighted by Gasteiger charge is 2.43. The Morgan fingerprint density at radius 3 is 3.06 bits per heavy atom. The zero-order valence-corrected chi connectivity index (χ0v) is 9.46. The van der Waals surface area contributed by atoms with Gasteiger partial charge in [0.05, 0.1) is 5.69 Å². The fourth-order valence-corrected chi connectivity index (χ4v) is 2.64. The van der Waals surface area contributed by atoms with Crippen molar-refractivity contribution in [1.82, 2.24) is 5.32 Å². The maximum atomic E-state index is 11.0. The lowest BCUT2D eigenvalue weighted by Crippen LogP contribution is -2.43. The molecular formula is C12H14N2O3. The van der Waals surface area contributed by atoms with Crippen molar-refractivity contribution in [2.45, 2.75) is 24.6 Å². The van der Waals surface area contributed by atoms with Gasteiger partial charge in [0.1, 0.15) is 12.3 Å². The number of nitrogens with zero attached hydrogens (tertiary/aromatic N) is 1. The smallest absolute Gasteiger partial charge is 0.320 e. The van der Waals surface area contributed by atoms with Crippen LogP contribution in [0.3, 0.4) is 0 Å². The molecular weight excluding hydrogens is 220 g/mol. The number of anilines is 1. The van der Waals surface area contributed by atoms with E-state index in [0.717, 1.165) is 11.3 Å². The van der Waals surface area contributed by atoms with Crippen molar-refractivity contribution in [3.8, 4) is 0 Å². The van der Waals surface area contributed by atoms with Crippen LogP contribution >= 0.6 is 0 Å². The minimum absolute atomic E-state index is 0.114. The second kappa shape index (κ2) is 3.72. The molecule has 3 unspecified atom stereocenters. The molecule has 0 spiro atoms. The molecule has 0 aliphatic carbocycles. The fraction of sp³-hybridized carbons (Fsp3) is 0.417. The Kier molecular flexibility index (Phi) is 2.31. The summed E-state index contributed by atoms with van der Waals surface area (Å²) in [6.07, 6.45) is 0.334. The summed E-state index contributed by atoms with van der Waals surface area (Å²) in [5.41, 5.74) is 2.17. The average Bonchev–Trinajstić information content (AvgIpc) is 2.73. The molecule has 0 saturated carbocycles. The van der Waals surface area contributed by atoms with E-state index in [1.54, 1.807) is 5.06 Å². The maximum absolute atomic E-state index is 11.0. The van der Waals surface area contributed by atoms with E-state index >= 15 is 0 Å². The lowest BCUT2D eigenvalue weighted by molar-refractivity contribution is -0.139. The van der Waals surface area contributed by atoms with E-state index in [1.165, 1.54) is 0 Å². The van der Waals surface area contributed by atoms with Gasteiger partial charge in [0.2, 0.25) is 0 Å². The van der Waals surface area contributed by atoms with Crippen molar-refractivity contribution in [1.29, 1.82) is 0 Å². The fourth-order valence-electron chi connectivity index (χ4n) is 2.64. The molecule has 0 radical (unpaired) electrons. The Hall–Kier alpha value is -1.59. The van der Waals surface area contributed by atoms with Crippen LogP contribution in [0.25, 0.3) is 0 Å². The lowest BCUT2D eigenvalue weighted by atomic mass is 9.92. The van der Waals surface area contributed by atoms with Gasteiger partial charge in [-0.2, -0.15) is 0 Å². The Morgan fingerprint density at radius 1 is 1.53 bits per heavy atom. The molecule has 5 heteroatoms. The molecule has 0 aromatic heterocycles. The summed E-state index contributed by atoms with van der Waals surface area (Å²) in [5, 5.41) is 13.7. The molecule has 2 N–H and O–H groups in total. The third-order valence-corrected chi connectivity index (χ3v) is 3.47. The van der Waals surface area contributed by atoms with E-state index < -0.39 is 12.0 Å². The number of hydrogen-bond acceptors (Lipinski definition) is 4. The van der Waals surface area contributed by atoms with Gasteiger partial charge < -0.3 is 5.11 Å². The van der Waals surface area contributed by atoms with Gasteiger partial charge >= 0.3 is 5.97 Å². The van der Waals surface area contributed by atoms with Gasteiger partial charge in [-0.05, 0) is 18.1 Å². The molecule has 1 saturated heterocycles. The predicted molar refractivity (Wildman–Crippen MR) is 61.6 cm³/mol. The summed E-state index contributed by atoms with van der Waals surface area (Å²) in [4.78, 5) is 16.7. The number of nitrogens with one attached hydrogen (secondary N) is 1. The predicted octanol–water partition coefficient (Wildman–Crippen LogP) is 0.924. The number of hydroxylamine groups is 1. The van der Waals surface area contributed by atoms with Gasteiger partial charge in [-0.25, -0.2) is 0 Å². The van der Waals surface area contributed by atoms with Crippen LogP contribution in [0.15, 0.2) is 24.3 Å². The van der Waals surface area contributed by atoms with E-state index in [0.29, 0.717) is 6.42 Å². The summed E-state index contributed by atoms with van der Waals surface area (Å²) < 4.78 is 0. The molecule has 1 aromatic carbocycles. The summed E-state index contributed by atoms with van der Waals surface area (Å²) in [5.74, 6) is -0.702. The number of aliphatic carboxylic acids is 1. The molecule has 1 aromatic rings. The highest BCUT2D eigenvalue weighted by Crippen LogP contribution is 2.41. The van der Waals surface area contributed by atoms with Gasteiger partial charge in [-0.1, -0.05) is 18.2 Å². The zero-order valence-electron chi connectivity index (χ0n) is 9.46. The molecule has 2 heterocycles. The van der Waals surface area contributed by atoms with E-state index in [4.69, 9.17) is 9.94 Å². The topological polar surface area (TPSA) is 61.8 Å². The minimum atomic E-state index is -0.817. The zero-order chi connectivity index (χ0) is 12.0. The van der Waals surface area contributed by atoms with Gasteiger partial charge in [-0.15, -0.1) is 0 Å². The maximum Gasteiger partial charge on any atom is 0.320 e. The number of carboxylic acids is 1. The van der Waals surface area contributed by atoms with Crippen molar-refractivity contribution in [3.63, 3.8) is 0 Å². The largest absolute Gasteiger partial charge is 0.480 e. The Balaban J connectivity index is 1.97. The Morgan fingerprint density at radius 2 is 2.29 bits per heavy atom. The first kappa shape index (κ1) is 10.6. The van der Waals surface area contributed by atoms with Crippen LogP contribution in [-0.4, -0.2) is 30.4 Å². The minimum Gasteiger partial charge on any atom is -0.480 e. The molecule has 0 amide bonds. The van der Waals surface area contributed by atoms with Crippen LogP contribution < -0.4 is 10.4 Å². The number of rotatable bonds is 1. The van der Waals surface area contributed by atoms with Crippen LogP contribution in [0.2, 0.25) is 0 Å². The van der Waals surface area contributed by atoms with Crippen LogP contribution in [0.1, 0.15) is 17.9 Å². The van der Waals surface area contributed by atoms with E-state index in [2.05, 4.69) is 5.32 Å². The third kappa shape index (κ3) is 1.59. The van der Waals surface area contributed by atoms with Gasteiger partial charge in [0.15, 0.2) is 0 Å². The van der Waals surface area contributed by atoms with E-state index in [-0.39, 0.29) is 12.1 Å². The summed E-state index contributed by atoms with van der Waals surface area (Å²) in [7, 11) is 1.84. The molecule has 3 atom stereocenters. The number of hydrogen-bond donors (Lipinski definition) is 2. The van der Waals surface area contributed by atoms with Gasteiger partial charge in [0, 0.05) is 13.0 Å². The second-order valence-corrected chi connectivity index (χ2v) is 4.48. The average molecular weight is 234 g/mol. The molecule has 2 aliphatic rings. The normalized spacial score (nSPS) is 30.9. The van der Waals surface area contributed by atoms with E-state index in [9.17, 15) is 4.79 Å². The molecule has 3 rings (SSSR count). The highest BCUT2D eigenvalue weighted by atomic mass is 16.7. The van der Waals surface area contributed by atoms with E-state index in [1.807, 2.05) is 31.3 Å². The van der Waals surface area contributed by atoms with Gasteiger partial charge in [0.25, 0.3) is 0 Å². The number of fused-ring (bicyclic) bond motifs is 3. The summed E-state index contributed by atoms with van der Waals surface area (Å²) in [6.45, 7) is 0. The monoisotopic (exact) mass is 234 g/mol. The number of carbonyl (C=O) groups is 1. The molecule has 0 bridgehead atoms. The lowest BCUT2D eigenvalue weighted by Gasteiger charge is -2.34. The first-order valence-electron chi connectivity index (χ1n) is 5.65. The van der Waals surface area contributed by atoms with Crippen molar-refractivity contribution >= 4 is 11.7 Å². The van der Waals surface area contributed by atoms with Crippen molar-refractivity contribution in [2.24, 2.45) is 0 Å². The van der Waals surface area contributed by atoms with Crippen molar-refractivity contribution in [3.05, 3.63) is 29.8 Å². The summed E-state index contributed by atoms with van der Waals surface area (Å²) in [6, 6.07) is 7.43. The molecule has 90 valence electrons. The first-order chi connectivity index (χ1) is 8.16.